The van der Waals surface area contributed by atoms with Gasteiger partial charge in [-0.3, -0.25) is 0 Å². The molecule has 0 bridgehead atoms. The molecule has 0 radical (unpaired) electrons. The Balaban J connectivity index is 2.00. The van der Waals surface area contributed by atoms with Gasteiger partial charge in [0.05, 0.1) is 21.9 Å². The molecule has 1 aliphatic heterocycles. The highest BCUT2D eigenvalue weighted by Crippen LogP contribution is 2.29. The van der Waals surface area contributed by atoms with Crippen LogP contribution in [0.25, 0.3) is 6.08 Å². The maximum absolute atomic E-state index is 11.8. The van der Waals surface area contributed by atoms with Crippen LogP contribution in [0, 0.1) is 0 Å². The number of carbonyl (C=O) groups excluding carboxylic acids is 1. The standard InChI is InChI=1S/C14H7Cl2NO3/c15-10-5-1-4-9(12(10)16)13-17-11(14(18)20-13)7-8-3-2-6-19-8/h1-7H/b11-7-. The molecule has 0 fully saturated rings. The monoisotopic (exact) mass is 307 g/mol. The van der Waals surface area contributed by atoms with E-state index in [9.17, 15) is 4.79 Å². The van der Waals surface area contributed by atoms with Crippen molar-refractivity contribution in [3.63, 3.8) is 0 Å². The minimum atomic E-state index is -0.563. The van der Waals surface area contributed by atoms with Gasteiger partial charge in [-0.25, -0.2) is 9.79 Å². The Morgan fingerprint density at radius 1 is 1.15 bits per heavy atom. The third kappa shape index (κ3) is 2.35. The number of furan rings is 1. The molecule has 4 nitrogen and oxygen atoms in total. The fourth-order valence-corrected chi connectivity index (χ4v) is 2.08. The van der Waals surface area contributed by atoms with E-state index in [-0.39, 0.29) is 11.6 Å². The van der Waals surface area contributed by atoms with Crippen LogP contribution >= 0.6 is 23.2 Å². The molecule has 2 aromatic rings. The molecule has 3 rings (SSSR count). The maximum Gasteiger partial charge on any atom is 0.363 e. The van der Waals surface area contributed by atoms with E-state index in [0.717, 1.165) is 0 Å². The largest absolute Gasteiger partial charge is 0.465 e. The van der Waals surface area contributed by atoms with Gasteiger partial charge in [0.1, 0.15) is 5.76 Å². The molecule has 0 saturated carbocycles. The van der Waals surface area contributed by atoms with E-state index in [1.54, 1.807) is 30.3 Å². The first-order chi connectivity index (χ1) is 9.65. The molecule has 6 heteroatoms. The Kier molecular flexibility index (Phi) is 3.34. The molecule has 2 heterocycles. The summed E-state index contributed by atoms with van der Waals surface area (Å²) in [6, 6.07) is 8.44. The lowest BCUT2D eigenvalue weighted by Crippen LogP contribution is -2.06. The zero-order chi connectivity index (χ0) is 14.1. The lowest BCUT2D eigenvalue weighted by molar-refractivity contribution is -0.129. The highest BCUT2D eigenvalue weighted by atomic mass is 35.5. The first-order valence-electron chi connectivity index (χ1n) is 5.65. The second-order valence-corrected chi connectivity index (χ2v) is 4.74. The molecule has 0 aliphatic carbocycles. The summed E-state index contributed by atoms with van der Waals surface area (Å²) in [7, 11) is 0. The van der Waals surface area contributed by atoms with Gasteiger partial charge in [0, 0.05) is 6.08 Å². The summed E-state index contributed by atoms with van der Waals surface area (Å²) in [5, 5.41) is 0.659. The Morgan fingerprint density at radius 2 is 2.00 bits per heavy atom. The average molecular weight is 308 g/mol. The number of nitrogens with zero attached hydrogens (tertiary/aromatic N) is 1. The van der Waals surface area contributed by atoms with Gasteiger partial charge in [-0.05, 0) is 24.3 Å². The van der Waals surface area contributed by atoms with E-state index in [1.807, 2.05) is 0 Å². The molecule has 0 unspecified atom stereocenters. The molecule has 0 spiro atoms. The minimum Gasteiger partial charge on any atom is -0.465 e. The fourth-order valence-electron chi connectivity index (χ4n) is 1.70. The van der Waals surface area contributed by atoms with Crippen molar-refractivity contribution >= 4 is 41.1 Å². The van der Waals surface area contributed by atoms with E-state index in [1.165, 1.54) is 12.3 Å². The van der Waals surface area contributed by atoms with Crippen LogP contribution in [0.2, 0.25) is 10.0 Å². The summed E-state index contributed by atoms with van der Waals surface area (Å²) in [5.41, 5.74) is 0.612. The summed E-state index contributed by atoms with van der Waals surface area (Å²) in [5.74, 6) is 0.0758. The topological polar surface area (TPSA) is 51.8 Å². The van der Waals surface area contributed by atoms with E-state index >= 15 is 0 Å². The van der Waals surface area contributed by atoms with Gasteiger partial charge in [-0.15, -0.1) is 0 Å². The number of carbonyl (C=O) groups is 1. The van der Waals surface area contributed by atoms with Gasteiger partial charge in [0.2, 0.25) is 5.90 Å². The SMILES string of the molecule is O=C1OC(c2cccc(Cl)c2Cl)=N/C1=C\c1ccco1. The van der Waals surface area contributed by atoms with Crippen molar-refractivity contribution in [3.05, 3.63) is 63.7 Å². The van der Waals surface area contributed by atoms with Gasteiger partial charge in [0.25, 0.3) is 0 Å². The van der Waals surface area contributed by atoms with Gasteiger partial charge < -0.3 is 9.15 Å². The number of ether oxygens (including phenoxy) is 1. The highest BCUT2D eigenvalue weighted by Gasteiger charge is 2.26. The summed E-state index contributed by atoms with van der Waals surface area (Å²) in [6.45, 7) is 0. The number of halogens is 2. The quantitative estimate of drug-likeness (QED) is 0.624. The lowest BCUT2D eigenvalue weighted by Gasteiger charge is -2.03. The summed E-state index contributed by atoms with van der Waals surface area (Å²) in [4.78, 5) is 15.9. The van der Waals surface area contributed by atoms with Gasteiger partial charge >= 0.3 is 5.97 Å². The van der Waals surface area contributed by atoms with Crippen molar-refractivity contribution in [2.45, 2.75) is 0 Å². The maximum atomic E-state index is 11.8. The van der Waals surface area contributed by atoms with Gasteiger partial charge in [-0.1, -0.05) is 29.3 Å². The van der Waals surface area contributed by atoms with Crippen LogP contribution in [0.15, 0.2) is 51.7 Å². The normalized spacial score (nSPS) is 16.4. The first-order valence-corrected chi connectivity index (χ1v) is 6.41. The molecular weight excluding hydrogens is 301 g/mol. The van der Waals surface area contributed by atoms with Crippen molar-refractivity contribution in [1.82, 2.24) is 0 Å². The Hall–Kier alpha value is -2.04. The van der Waals surface area contributed by atoms with Crippen molar-refractivity contribution in [2.24, 2.45) is 4.99 Å². The summed E-state index contributed by atoms with van der Waals surface area (Å²) < 4.78 is 10.2. The number of benzene rings is 1. The van der Waals surface area contributed by atoms with Crippen LogP contribution in [0.5, 0.6) is 0 Å². The van der Waals surface area contributed by atoms with Crippen LogP contribution in [-0.2, 0) is 9.53 Å². The molecule has 1 aromatic heterocycles. The zero-order valence-corrected chi connectivity index (χ0v) is 11.5. The van der Waals surface area contributed by atoms with Crippen LogP contribution in [0.3, 0.4) is 0 Å². The number of rotatable bonds is 2. The zero-order valence-electron chi connectivity index (χ0n) is 9.97. The molecule has 1 aromatic carbocycles. The van der Waals surface area contributed by atoms with E-state index in [2.05, 4.69) is 4.99 Å². The number of esters is 1. The second kappa shape index (κ2) is 5.15. The molecule has 0 saturated heterocycles. The number of hydrogen-bond acceptors (Lipinski definition) is 4. The van der Waals surface area contributed by atoms with Crippen LogP contribution in [0.4, 0.5) is 0 Å². The third-order valence-electron chi connectivity index (χ3n) is 2.62. The van der Waals surface area contributed by atoms with Crippen molar-refractivity contribution in [2.75, 3.05) is 0 Å². The minimum absolute atomic E-state index is 0.125. The Labute approximate surface area is 124 Å². The van der Waals surface area contributed by atoms with Crippen LogP contribution in [-0.4, -0.2) is 11.9 Å². The summed E-state index contributed by atoms with van der Waals surface area (Å²) in [6.07, 6.45) is 3.00. The molecule has 100 valence electrons. The van der Waals surface area contributed by atoms with E-state index in [4.69, 9.17) is 32.4 Å². The Bertz CT molecular complexity index is 733. The first kappa shape index (κ1) is 13.0. The fraction of sp³-hybridized carbons (Fsp3) is 0. The Morgan fingerprint density at radius 3 is 2.75 bits per heavy atom. The third-order valence-corrected chi connectivity index (χ3v) is 3.44. The highest BCUT2D eigenvalue weighted by molar-refractivity contribution is 6.44. The van der Waals surface area contributed by atoms with Crippen molar-refractivity contribution < 1.29 is 13.9 Å². The molecule has 20 heavy (non-hydrogen) atoms. The number of cyclic esters (lactones) is 1. The van der Waals surface area contributed by atoms with Crippen molar-refractivity contribution in [1.29, 1.82) is 0 Å². The van der Waals surface area contributed by atoms with Crippen molar-refractivity contribution in [3.8, 4) is 0 Å². The predicted octanol–water partition coefficient (Wildman–Crippen LogP) is 3.93. The van der Waals surface area contributed by atoms with Gasteiger partial charge in [0.15, 0.2) is 5.70 Å². The predicted molar refractivity (Wildman–Crippen MR) is 75.8 cm³/mol. The number of hydrogen-bond donors (Lipinski definition) is 0. The lowest BCUT2D eigenvalue weighted by atomic mass is 10.2. The van der Waals surface area contributed by atoms with Gasteiger partial charge in [-0.2, -0.15) is 0 Å². The molecule has 0 atom stereocenters. The molecule has 1 aliphatic rings. The second-order valence-electron chi connectivity index (χ2n) is 3.95. The van der Waals surface area contributed by atoms with E-state index in [0.29, 0.717) is 21.4 Å². The molecular formula is C14H7Cl2NO3. The average Bonchev–Trinajstić information content (AvgIpc) is 3.04. The number of aliphatic imine (C=N–C) groups is 1. The molecule has 0 amide bonds. The van der Waals surface area contributed by atoms with E-state index < -0.39 is 5.97 Å². The molecule has 0 N–H and O–H groups in total. The summed E-state index contributed by atoms with van der Waals surface area (Å²) >= 11 is 12.0. The van der Waals surface area contributed by atoms with Crippen LogP contribution < -0.4 is 0 Å². The van der Waals surface area contributed by atoms with Crippen LogP contribution in [0.1, 0.15) is 11.3 Å². The smallest absolute Gasteiger partial charge is 0.363 e.